The second-order valence-corrected chi connectivity index (χ2v) is 14.5. The molecule has 3 aliphatic heterocycles. The molecule has 0 unspecified atom stereocenters. The van der Waals surface area contributed by atoms with Crippen molar-refractivity contribution in [3.63, 3.8) is 0 Å². The van der Waals surface area contributed by atoms with Crippen LogP contribution >= 0.6 is 15.9 Å². The van der Waals surface area contributed by atoms with Crippen LogP contribution in [0.3, 0.4) is 0 Å². The van der Waals surface area contributed by atoms with Gasteiger partial charge in [0.25, 0.3) is 11.4 Å². The van der Waals surface area contributed by atoms with Crippen LogP contribution in [0.4, 0.5) is 28.4 Å². The quantitative estimate of drug-likeness (QED) is 0.149. The second kappa shape index (κ2) is 19.8. The number of nitrogens with two attached hydrogens (primary N) is 1. The lowest BCUT2D eigenvalue weighted by atomic mass is 10.0. The summed E-state index contributed by atoms with van der Waals surface area (Å²) in [5, 5.41) is 24.1. The van der Waals surface area contributed by atoms with E-state index in [0.717, 1.165) is 102 Å². The molecule has 3 saturated heterocycles. The molecule has 3 heterocycles. The first-order valence-electron chi connectivity index (χ1n) is 17.9. The Kier molecular flexibility index (Phi) is 15.9. The normalized spacial score (nSPS) is 15.5. The molecule has 0 aliphatic carbocycles. The van der Waals surface area contributed by atoms with Gasteiger partial charge in [0.2, 0.25) is 17.7 Å². The van der Waals surface area contributed by atoms with E-state index in [-0.39, 0.29) is 40.4 Å². The van der Waals surface area contributed by atoms with Crippen LogP contribution in [0, 0.1) is 61.8 Å². The number of benzene rings is 3. The van der Waals surface area contributed by atoms with Gasteiger partial charge in [-0.2, -0.15) is 0 Å². The number of nitro benzene ring substituents is 2. The van der Waals surface area contributed by atoms with E-state index in [9.17, 15) is 34.6 Å². The van der Waals surface area contributed by atoms with Gasteiger partial charge < -0.3 is 20.9 Å². The third-order valence-corrected chi connectivity index (χ3v) is 10.2. The summed E-state index contributed by atoms with van der Waals surface area (Å²) in [5.41, 5.74) is 13.8. The third-order valence-electron chi connectivity index (χ3n) is 9.35. The van der Waals surface area contributed by atoms with Crippen molar-refractivity contribution in [2.24, 2.45) is 0 Å². The first-order chi connectivity index (χ1) is 25.0. The Morgan fingerprint density at radius 3 is 1.51 bits per heavy atom. The Morgan fingerprint density at radius 1 is 0.623 bits per heavy atom. The van der Waals surface area contributed by atoms with Gasteiger partial charge in [0.1, 0.15) is 0 Å². The Bertz CT molecular complexity index is 1850. The zero-order valence-corrected chi connectivity index (χ0v) is 33.1. The summed E-state index contributed by atoms with van der Waals surface area (Å²) in [7, 11) is 0. The van der Waals surface area contributed by atoms with Crippen LogP contribution in [-0.2, 0) is 14.4 Å². The zero-order chi connectivity index (χ0) is 39.4. The van der Waals surface area contributed by atoms with E-state index in [1.165, 1.54) is 0 Å². The molecule has 0 bridgehead atoms. The minimum Gasteiger partial charge on any atom is -0.399 e. The highest BCUT2D eigenvalue weighted by Gasteiger charge is 2.24. The molecule has 0 radical (unpaired) electrons. The van der Waals surface area contributed by atoms with Gasteiger partial charge in [-0.3, -0.25) is 34.6 Å². The number of anilines is 3. The number of hydrogen-bond donors (Lipinski definition) is 2. The van der Waals surface area contributed by atoms with Crippen molar-refractivity contribution >= 4 is 62.1 Å². The van der Waals surface area contributed by atoms with Gasteiger partial charge in [-0.15, -0.1) is 0 Å². The molecule has 0 aromatic heterocycles. The molecular formula is C39H53BrN6O7. The molecule has 13 nitrogen and oxygen atoms in total. The lowest BCUT2D eigenvalue weighted by molar-refractivity contribution is -0.385. The maximum atomic E-state index is 11.9. The first-order valence-corrected chi connectivity index (χ1v) is 18.7. The number of halogens is 1. The summed E-state index contributed by atoms with van der Waals surface area (Å²) < 4.78 is 0.908. The zero-order valence-electron chi connectivity index (χ0n) is 31.6. The summed E-state index contributed by atoms with van der Waals surface area (Å²) >= 11 is 3.31. The molecule has 6 rings (SSSR count). The van der Waals surface area contributed by atoms with E-state index in [1.807, 2.05) is 44.7 Å². The molecule has 0 atom stereocenters. The Hall–Kier alpha value is -4.85. The van der Waals surface area contributed by atoms with Crippen LogP contribution in [0.1, 0.15) is 92.6 Å². The van der Waals surface area contributed by atoms with Crippen LogP contribution < -0.4 is 20.9 Å². The largest absolute Gasteiger partial charge is 0.399 e. The SMILES string of the molecule is Cc1cc(N2CCCCC2=O)c(C)cc1N.Cc1cc([N+](=O)[O-])c(C)cc1Br.Cc1cc([N+](=O)[O-])c(C)cc1N1CCCCC1=O.O=C1CCCCN1.[HH]. The van der Waals surface area contributed by atoms with Crippen molar-refractivity contribution in [1.29, 1.82) is 0 Å². The van der Waals surface area contributed by atoms with Gasteiger partial charge in [0, 0.05) is 85.1 Å². The van der Waals surface area contributed by atoms with Gasteiger partial charge in [-0.1, -0.05) is 15.9 Å². The predicted molar refractivity (Wildman–Crippen MR) is 215 cm³/mol. The topological polar surface area (TPSA) is 182 Å². The fourth-order valence-electron chi connectivity index (χ4n) is 6.20. The van der Waals surface area contributed by atoms with Gasteiger partial charge in [0.15, 0.2) is 0 Å². The van der Waals surface area contributed by atoms with Crippen molar-refractivity contribution in [2.75, 3.05) is 35.2 Å². The summed E-state index contributed by atoms with van der Waals surface area (Å²) in [5.74, 6) is 0.558. The van der Waals surface area contributed by atoms with Crippen LogP contribution in [-0.4, -0.2) is 47.2 Å². The Labute approximate surface area is 321 Å². The summed E-state index contributed by atoms with van der Waals surface area (Å²) in [6, 6.07) is 10.6. The highest BCUT2D eigenvalue weighted by molar-refractivity contribution is 9.10. The number of nitrogens with one attached hydrogen (secondary N) is 1. The van der Waals surface area contributed by atoms with Crippen molar-refractivity contribution in [2.45, 2.75) is 99.3 Å². The number of piperidine rings is 3. The summed E-state index contributed by atoms with van der Waals surface area (Å²) in [6.45, 7) is 13.5. The van der Waals surface area contributed by atoms with Crippen LogP contribution in [0.5, 0.6) is 0 Å². The predicted octanol–water partition coefficient (Wildman–Crippen LogP) is 8.64. The molecule has 3 amide bonds. The second-order valence-electron chi connectivity index (χ2n) is 13.6. The molecule has 0 saturated carbocycles. The molecule has 288 valence electrons. The number of hydrogen-bond acceptors (Lipinski definition) is 8. The molecule has 3 aromatic rings. The lowest BCUT2D eigenvalue weighted by Gasteiger charge is -2.28. The smallest absolute Gasteiger partial charge is 0.272 e. The highest BCUT2D eigenvalue weighted by Crippen LogP contribution is 2.31. The number of nitro groups is 2. The average Bonchev–Trinajstić information content (AvgIpc) is 3.10. The van der Waals surface area contributed by atoms with Crippen molar-refractivity contribution in [1.82, 2.24) is 5.32 Å². The highest BCUT2D eigenvalue weighted by atomic mass is 79.9. The standard InChI is InChI=1S/C13H16N2O3.C13H18N2O.C8H8BrNO2.C5H9NO.H2/c1-9-8-12(15(17)18)10(2)7-11(9)14-6-4-3-5-13(14)16;1-9-8-12(10(2)7-11(9)14)15-6-4-3-5-13(15)16;1-5-4-8(10(11)12)6(2)3-7(5)9;7-5-3-1-2-4-6-5;/h7-8H,3-6H2,1-2H3;7-8H,3-6,14H2,1-2H3;3-4H,1-2H3;1-4H2,(H,6,7);1H. The van der Waals surface area contributed by atoms with E-state index in [1.54, 1.807) is 43.0 Å². The molecule has 3 aromatic carbocycles. The number of nitrogens with zero attached hydrogens (tertiary/aromatic N) is 4. The Balaban J connectivity index is 0.000000258. The fraction of sp³-hybridized carbons (Fsp3) is 0.462. The molecule has 14 heteroatoms. The molecule has 53 heavy (non-hydrogen) atoms. The molecule has 3 N–H and O–H groups in total. The van der Waals surface area contributed by atoms with Crippen molar-refractivity contribution in [3.8, 4) is 0 Å². The third kappa shape index (κ3) is 12.1. The van der Waals surface area contributed by atoms with E-state index in [4.69, 9.17) is 5.73 Å². The van der Waals surface area contributed by atoms with Gasteiger partial charge in [-0.05, 0) is 127 Å². The maximum absolute atomic E-state index is 11.9. The van der Waals surface area contributed by atoms with Crippen molar-refractivity contribution in [3.05, 3.63) is 94.5 Å². The lowest BCUT2D eigenvalue weighted by Crippen LogP contribution is -2.35. The minimum atomic E-state index is -0.385. The molecule has 0 spiro atoms. The number of aryl methyl sites for hydroxylation is 6. The van der Waals surface area contributed by atoms with Gasteiger partial charge in [-0.25, -0.2) is 0 Å². The van der Waals surface area contributed by atoms with Gasteiger partial charge in [0.05, 0.1) is 9.85 Å². The number of rotatable bonds is 4. The molecular weight excluding hydrogens is 744 g/mol. The Morgan fingerprint density at radius 2 is 1.08 bits per heavy atom. The monoisotopic (exact) mass is 796 g/mol. The number of nitrogen functional groups attached to an aromatic ring is 1. The van der Waals surface area contributed by atoms with E-state index in [0.29, 0.717) is 30.5 Å². The van der Waals surface area contributed by atoms with Crippen LogP contribution in [0.25, 0.3) is 0 Å². The number of amides is 3. The van der Waals surface area contributed by atoms with Crippen LogP contribution in [0.15, 0.2) is 40.9 Å². The molecule has 3 aliphatic rings. The maximum Gasteiger partial charge on any atom is 0.272 e. The van der Waals surface area contributed by atoms with E-state index in [2.05, 4.69) is 21.2 Å². The molecule has 3 fully saturated rings. The number of carbonyl (C=O) groups excluding carboxylic acids is 3. The number of carbonyl (C=O) groups is 3. The van der Waals surface area contributed by atoms with E-state index < -0.39 is 0 Å². The first kappa shape index (κ1) is 42.6. The van der Waals surface area contributed by atoms with Crippen LogP contribution in [0.2, 0.25) is 0 Å². The average molecular weight is 798 g/mol. The van der Waals surface area contributed by atoms with Gasteiger partial charge >= 0.3 is 0 Å². The van der Waals surface area contributed by atoms with E-state index >= 15 is 0 Å². The fourth-order valence-corrected chi connectivity index (χ4v) is 6.66. The summed E-state index contributed by atoms with van der Waals surface area (Å²) in [6.07, 6.45) is 8.23. The minimum absolute atomic E-state index is 0. The summed E-state index contributed by atoms with van der Waals surface area (Å²) in [4.78, 5) is 58.3. The van der Waals surface area contributed by atoms with Crippen molar-refractivity contribution < 1.29 is 25.7 Å².